The molecule has 0 atom stereocenters. The first kappa shape index (κ1) is 29.7. The molecule has 2 aromatic rings. The molecule has 0 saturated carbocycles. The lowest BCUT2D eigenvalue weighted by atomic mass is 10.1. The number of hydrogen-bond acceptors (Lipinski definition) is 6. The molecule has 0 radical (unpaired) electrons. The number of carbonyl (C=O) groups excluding carboxylic acids is 1. The topological polar surface area (TPSA) is 88.6 Å². The van der Waals surface area contributed by atoms with Gasteiger partial charge >= 0.3 is 16.3 Å². The standard InChI is InChI=1S/C26H38FN3O6SSi/c1-8-15-35-25(31)29(26(2,3)4)30-24-12-10-9-11-23(24)28(37(30,32)33)22-14-13-20(18-21(22)27)36-19-34-16-17-38(5,6)7/h9-14,18H,8,15-17,19H2,1-7H3. The molecule has 3 rings (SSSR count). The molecule has 0 bridgehead atoms. The molecule has 2 aromatic carbocycles. The lowest BCUT2D eigenvalue weighted by molar-refractivity contribution is 0.0219. The van der Waals surface area contributed by atoms with Crippen LogP contribution in [0.3, 0.4) is 0 Å². The third-order valence-electron chi connectivity index (χ3n) is 5.62. The minimum Gasteiger partial charge on any atom is -0.467 e. The Kier molecular flexibility index (Phi) is 8.99. The van der Waals surface area contributed by atoms with Crippen LogP contribution in [0, 0.1) is 5.82 Å². The van der Waals surface area contributed by atoms with Crippen LogP contribution in [-0.4, -0.2) is 53.1 Å². The molecule has 0 aromatic heterocycles. The summed E-state index contributed by atoms with van der Waals surface area (Å²) in [5.74, 6) is -0.596. The summed E-state index contributed by atoms with van der Waals surface area (Å²) in [5, 5.41) is 1.05. The number of ether oxygens (including phenoxy) is 3. The number of carbonyl (C=O) groups is 1. The average molecular weight is 568 g/mol. The van der Waals surface area contributed by atoms with Crippen LogP contribution in [0.15, 0.2) is 42.5 Å². The monoisotopic (exact) mass is 567 g/mol. The Hall–Kier alpha value is -2.83. The maximum Gasteiger partial charge on any atom is 0.430 e. The summed E-state index contributed by atoms with van der Waals surface area (Å²) in [4.78, 5) is 13.1. The van der Waals surface area contributed by atoms with Gasteiger partial charge in [-0.1, -0.05) is 38.7 Å². The van der Waals surface area contributed by atoms with E-state index in [4.69, 9.17) is 14.2 Å². The molecule has 0 N–H and O–H groups in total. The molecule has 0 spiro atoms. The van der Waals surface area contributed by atoms with Crippen LogP contribution in [0.1, 0.15) is 34.1 Å². The number of fused-ring (bicyclic) bond motifs is 1. The summed E-state index contributed by atoms with van der Waals surface area (Å²) < 4.78 is 61.5. The fraction of sp³-hybridized carbons (Fsp3) is 0.500. The van der Waals surface area contributed by atoms with Gasteiger partial charge in [-0.2, -0.15) is 17.8 Å². The van der Waals surface area contributed by atoms with Gasteiger partial charge in [-0.05, 0) is 57.5 Å². The van der Waals surface area contributed by atoms with Crippen molar-refractivity contribution < 1.29 is 31.8 Å². The number of rotatable bonds is 10. The smallest absolute Gasteiger partial charge is 0.430 e. The van der Waals surface area contributed by atoms with Crippen molar-refractivity contribution in [2.45, 2.75) is 65.3 Å². The van der Waals surface area contributed by atoms with Gasteiger partial charge in [0.25, 0.3) is 0 Å². The van der Waals surface area contributed by atoms with Gasteiger partial charge in [0.15, 0.2) is 12.6 Å². The highest BCUT2D eigenvalue weighted by atomic mass is 32.2. The predicted molar refractivity (Wildman–Crippen MR) is 149 cm³/mol. The van der Waals surface area contributed by atoms with Crippen molar-refractivity contribution >= 4 is 41.4 Å². The molecule has 9 nitrogen and oxygen atoms in total. The van der Waals surface area contributed by atoms with Crippen LogP contribution in [0.5, 0.6) is 5.75 Å². The molecular formula is C26H38FN3O6SSi. The lowest BCUT2D eigenvalue weighted by Crippen LogP contribution is -2.58. The van der Waals surface area contributed by atoms with Crippen LogP contribution in [0.2, 0.25) is 25.7 Å². The summed E-state index contributed by atoms with van der Waals surface area (Å²) >= 11 is 0. The highest BCUT2D eigenvalue weighted by molar-refractivity contribution is 7.95. The predicted octanol–water partition coefficient (Wildman–Crippen LogP) is 6.28. The summed E-state index contributed by atoms with van der Waals surface area (Å²) in [6, 6.07) is 11.3. The second-order valence-corrected chi connectivity index (χ2v) is 18.4. The van der Waals surface area contributed by atoms with Crippen molar-refractivity contribution in [1.82, 2.24) is 5.01 Å². The van der Waals surface area contributed by atoms with Crippen LogP contribution in [0.4, 0.5) is 26.2 Å². The number of para-hydroxylation sites is 2. The molecular weight excluding hydrogens is 529 g/mol. The van der Waals surface area contributed by atoms with E-state index in [1.807, 2.05) is 6.92 Å². The Balaban J connectivity index is 1.93. The van der Waals surface area contributed by atoms with Crippen molar-refractivity contribution in [3.63, 3.8) is 0 Å². The number of hydrazine groups is 1. The largest absolute Gasteiger partial charge is 0.467 e. The zero-order valence-corrected chi connectivity index (χ0v) is 25.0. The van der Waals surface area contributed by atoms with Gasteiger partial charge in [0.2, 0.25) is 0 Å². The summed E-state index contributed by atoms with van der Waals surface area (Å²) in [5.41, 5.74) is -0.784. The van der Waals surface area contributed by atoms with Crippen molar-refractivity contribution in [1.29, 1.82) is 0 Å². The van der Waals surface area contributed by atoms with Gasteiger partial charge in [0, 0.05) is 20.7 Å². The van der Waals surface area contributed by atoms with Gasteiger partial charge in [0.05, 0.1) is 23.5 Å². The van der Waals surface area contributed by atoms with Crippen LogP contribution < -0.4 is 13.5 Å². The number of nitrogens with zero attached hydrogens (tertiary/aromatic N) is 3. The first-order valence-electron chi connectivity index (χ1n) is 12.6. The molecule has 0 aliphatic carbocycles. The van der Waals surface area contributed by atoms with Gasteiger partial charge in [-0.3, -0.25) is 0 Å². The Morgan fingerprint density at radius 2 is 1.68 bits per heavy atom. The van der Waals surface area contributed by atoms with E-state index in [1.54, 1.807) is 45.0 Å². The fourth-order valence-corrected chi connectivity index (χ4v) is 6.38. The zero-order valence-electron chi connectivity index (χ0n) is 23.2. The van der Waals surface area contributed by atoms with Crippen molar-refractivity contribution in [3.05, 3.63) is 48.3 Å². The molecule has 1 amide bonds. The van der Waals surface area contributed by atoms with Gasteiger partial charge < -0.3 is 14.2 Å². The van der Waals surface area contributed by atoms with E-state index in [1.165, 1.54) is 12.1 Å². The van der Waals surface area contributed by atoms with E-state index in [0.717, 1.165) is 25.8 Å². The molecule has 1 aliphatic rings. The highest BCUT2D eigenvalue weighted by Gasteiger charge is 2.50. The molecule has 0 unspecified atom stereocenters. The Morgan fingerprint density at radius 3 is 2.26 bits per heavy atom. The Labute approximate surface area is 226 Å². The molecule has 1 aliphatic heterocycles. The van der Waals surface area contributed by atoms with E-state index < -0.39 is 35.7 Å². The third kappa shape index (κ3) is 6.59. The quantitative estimate of drug-likeness (QED) is 0.191. The molecule has 1 heterocycles. The second-order valence-electron chi connectivity index (χ2n) is 11.2. The van der Waals surface area contributed by atoms with Crippen LogP contribution >= 0.6 is 0 Å². The third-order valence-corrected chi connectivity index (χ3v) is 8.97. The number of benzene rings is 2. The SMILES string of the molecule is CCCOC(=O)N(N1c2ccccc2N(c2ccc(OCOCC[Si](C)(C)C)cc2F)S1(=O)=O)C(C)(C)C. The van der Waals surface area contributed by atoms with Crippen LogP contribution in [-0.2, 0) is 19.7 Å². The van der Waals surface area contributed by atoms with Gasteiger partial charge in [-0.25, -0.2) is 13.5 Å². The number of amides is 1. The average Bonchev–Trinajstić information content (AvgIpc) is 3.03. The molecule has 38 heavy (non-hydrogen) atoms. The second kappa shape index (κ2) is 11.5. The lowest BCUT2D eigenvalue weighted by Gasteiger charge is -2.40. The molecule has 0 saturated heterocycles. The minimum atomic E-state index is -4.48. The van der Waals surface area contributed by atoms with E-state index in [-0.39, 0.29) is 36.2 Å². The van der Waals surface area contributed by atoms with E-state index in [2.05, 4.69) is 19.6 Å². The van der Waals surface area contributed by atoms with Gasteiger partial charge in [-0.15, -0.1) is 0 Å². The number of hydrogen-bond donors (Lipinski definition) is 0. The van der Waals surface area contributed by atoms with Gasteiger partial charge in [0.1, 0.15) is 11.4 Å². The number of anilines is 3. The zero-order chi connectivity index (χ0) is 28.3. The summed E-state index contributed by atoms with van der Waals surface area (Å²) in [7, 11) is -5.72. The minimum absolute atomic E-state index is 0.0394. The summed E-state index contributed by atoms with van der Waals surface area (Å²) in [6.45, 7) is 14.3. The highest BCUT2D eigenvalue weighted by Crippen LogP contribution is 2.48. The van der Waals surface area contributed by atoms with Crippen molar-refractivity contribution in [2.75, 3.05) is 28.7 Å². The first-order chi connectivity index (χ1) is 17.7. The maximum absolute atomic E-state index is 15.4. The van der Waals surface area contributed by atoms with Crippen LogP contribution in [0.25, 0.3) is 0 Å². The van der Waals surface area contributed by atoms with Crippen molar-refractivity contribution in [2.24, 2.45) is 0 Å². The van der Waals surface area contributed by atoms with E-state index >= 15 is 4.39 Å². The molecule has 210 valence electrons. The number of halogens is 1. The van der Waals surface area contributed by atoms with Crippen molar-refractivity contribution in [3.8, 4) is 5.75 Å². The maximum atomic E-state index is 15.4. The van der Waals surface area contributed by atoms with E-state index in [9.17, 15) is 13.2 Å². The summed E-state index contributed by atoms with van der Waals surface area (Å²) in [6.07, 6.45) is -0.250. The first-order valence-corrected chi connectivity index (χ1v) is 17.7. The fourth-order valence-electron chi connectivity index (χ4n) is 3.75. The Morgan fingerprint density at radius 1 is 1.03 bits per heavy atom. The van der Waals surface area contributed by atoms with E-state index in [0.29, 0.717) is 13.0 Å². The molecule has 12 heteroatoms. The molecule has 0 fully saturated rings. The Bertz CT molecular complexity index is 1250. The normalized spacial score (nSPS) is 14.8.